The molecule has 3 aromatic rings. The molecule has 194 valence electrons. The highest BCUT2D eigenvalue weighted by Gasteiger charge is 2.46. The zero-order chi connectivity index (χ0) is 26.3. The van der Waals surface area contributed by atoms with Crippen LogP contribution in [0.15, 0.2) is 42.1 Å². The fraction of sp³-hybridized carbons (Fsp3) is 0.370. The van der Waals surface area contributed by atoms with Crippen LogP contribution in [0.5, 0.6) is 0 Å². The van der Waals surface area contributed by atoms with E-state index in [1.807, 2.05) is 36.6 Å². The van der Waals surface area contributed by atoms with Crippen molar-refractivity contribution in [2.45, 2.75) is 26.3 Å². The van der Waals surface area contributed by atoms with Gasteiger partial charge < -0.3 is 19.1 Å². The van der Waals surface area contributed by atoms with Gasteiger partial charge in [-0.2, -0.15) is 0 Å². The molecule has 10 heteroatoms. The molecule has 1 atom stereocenters. The highest BCUT2D eigenvalue weighted by atomic mass is 35.5. The molecule has 0 spiro atoms. The molecule has 2 fully saturated rings. The maximum Gasteiger partial charge on any atom is 0.295 e. The predicted octanol–water partition coefficient (Wildman–Crippen LogP) is 4.40. The Morgan fingerprint density at radius 1 is 1.11 bits per heavy atom. The number of nitrogens with zero attached hydrogens (tertiary/aromatic N) is 4. The highest BCUT2D eigenvalue weighted by molar-refractivity contribution is 6.46. The number of benzene rings is 1. The van der Waals surface area contributed by atoms with Crippen LogP contribution in [0.3, 0.4) is 0 Å². The quantitative estimate of drug-likeness (QED) is 0.282. The van der Waals surface area contributed by atoms with Gasteiger partial charge in [0.1, 0.15) is 11.3 Å². The molecule has 0 bridgehead atoms. The Bertz CT molecular complexity index is 1410. The van der Waals surface area contributed by atoms with Crippen LogP contribution in [0.25, 0.3) is 11.4 Å². The van der Waals surface area contributed by atoms with Gasteiger partial charge in [-0.3, -0.25) is 14.5 Å². The number of aromatic nitrogens is 2. The molecule has 2 saturated heterocycles. The lowest BCUT2D eigenvalue weighted by Gasteiger charge is -2.29. The van der Waals surface area contributed by atoms with Gasteiger partial charge in [0.15, 0.2) is 5.76 Å². The van der Waals surface area contributed by atoms with Gasteiger partial charge in [0.05, 0.1) is 40.6 Å². The number of hydrogen-bond donors (Lipinski definition) is 1. The van der Waals surface area contributed by atoms with Crippen LogP contribution < -0.4 is 0 Å². The fourth-order valence-electron chi connectivity index (χ4n) is 5.10. The van der Waals surface area contributed by atoms with Gasteiger partial charge in [-0.25, -0.2) is 4.98 Å². The second kappa shape index (κ2) is 10.5. The van der Waals surface area contributed by atoms with Gasteiger partial charge in [0, 0.05) is 32.4 Å². The molecule has 8 nitrogen and oxygen atoms in total. The topological polar surface area (TPSA) is 87.4 Å². The summed E-state index contributed by atoms with van der Waals surface area (Å²) in [4.78, 5) is 35.1. The summed E-state index contributed by atoms with van der Waals surface area (Å²) >= 11 is 12.5. The normalized spacial score (nSPS) is 20.3. The van der Waals surface area contributed by atoms with Crippen molar-refractivity contribution >= 4 is 46.3 Å². The first-order valence-electron chi connectivity index (χ1n) is 12.3. The third kappa shape index (κ3) is 4.75. The summed E-state index contributed by atoms with van der Waals surface area (Å²) in [6, 6.07) is 8.01. The third-order valence-corrected chi connectivity index (χ3v) is 7.82. The summed E-state index contributed by atoms with van der Waals surface area (Å²) in [6.07, 6.45) is 2.51. The van der Waals surface area contributed by atoms with Crippen molar-refractivity contribution in [3.05, 3.63) is 74.7 Å². The number of carbonyl (C=O) groups excluding carboxylic acids is 2. The lowest BCUT2D eigenvalue weighted by Crippen LogP contribution is -2.38. The molecule has 2 aromatic heterocycles. The van der Waals surface area contributed by atoms with Crippen molar-refractivity contribution in [3.63, 3.8) is 0 Å². The summed E-state index contributed by atoms with van der Waals surface area (Å²) in [5.41, 5.74) is 3.13. The van der Waals surface area contributed by atoms with Gasteiger partial charge in [0.25, 0.3) is 11.7 Å². The van der Waals surface area contributed by atoms with Gasteiger partial charge in [-0.1, -0.05) is 35.3 Å². The van der Waals surface area contributed by atoms with E-state index < -0.39 is 17.7 Å². The third-order valence-electron chi connectivity index (χ3n) is 7.08. The van der Waals surface area contributed by atoms with E-state index in [0.29, 0.717) is 53.1 Å². The zero-order valence-electron chi connectivity index (χ0n) is 20.7. The molecular weight excluding hydrogens is 515 g/mol. The van der Waals surface area contributed by atoms with Crippen LogP contribution >= 0.6 is 23.2 Å². The number of aliphatic hydroxyl groups excluding tert-OH is 1. The SMILES string of the molecule is Cc1cccn2c(C)c(C(O)=C3C(=O)C(=O)N(CCCN4CCOCC4)C3c3ccc(Cl)c(Cl)c3)nc12. The average molecular weight is 543 g/mol. The minimum Gasteiger partial charge on any atom is -0.505 e. The van der Waals surface area contributed by atoms with Crippen molar-refractivity contribution in [2.24, 2.45) is 0 Å². The Hall–Kier alpha value is -2.91. The first kappa shape index (κ1) is 25.7. The largest absolute Gasteiger partial charge is 0.505 e. The van der Waals surface area contributed by atoms with E-state index in [1.54, 1.807) is 18.2 Å². The lowest BCUT2D eigenvalue weighted by atomic mass is 9.96. The molecule has 2 aliphatic rings. The van der Waals surface area contributed by atoms with Gasteiger partial charge >= 0.3 is 0 Å². The number of amides is 1. The molecule has 0 saturated carbocycles. The fourth-order valence-corrected chi connectivity index (χ4v) is 5.41. The monoisotopic (exact) mass is 542 g/mol. The number of imidazole rings is 1. The minimum absolute atomic E-state index is 0.000999. The molecule has 4 heterocycles. The summed E-state index contributed by atoms with van der Waals surface area (Å²) in [5, 5.41) is 12.2. The summed E-state index contributed by atoms with van der Waals surface area (Å²) in [6.45, 7) is 7.90. The van der Waals surface area contributed by atoms with Gasteiger partial charge in [0.2, 0.25) is 0 Å². The van der Waals surface area contributed by atoms with Crippen molar-refractivity contribution in [3.8, 4) is 0 Å². The van der Waals surface area contributed by atoms with Crippen molar-refractivity contribution < 1.29 is 19.4 Å². The second-order valence-electron chi connectivity index (χ2n) is 9.40. The Morgan fingerprint density at radius 2 is 1.86 bits per heavy atom. The number of Topliss-reactive ketones (excluding diaryl/α,β-unsaturated/α-hetero) is 1. The number of fused-ring (bicyclic) bond motifs is 1. The van der Waals surface area contributed by atoms with Crippen LogP contribution in [0, 0.1) is 13.8 Å². The highest BCUT2D eigenvalue weighted by Crippen LogP contribution is 2.41. The molecule has 1 unspecified atom stereocenters. The number of morpholine rings is 1. The number of likely N-dealkylation sites (tertiary alicyclic amines) is 1. The van der Waals surface area contributed by atoms with Crippen LogP contribution in [0.1, 0.15) is 35.0 Å². The summed E-state index contributed by atoms with van der Waals surface area (Å²) in [7, 11) is 0. The Labute approximate surface area is 225 Å². The number of carbonyl (C=O) groups is 2. The van der Waals surface area contributed by atoms with Crippen molar-refractivity contribution in [1.82, 2.24) is 19.2 Å². The Balaban J connectivity index is 1.57. The Morgan fingerprint density at radius 3 is 2.57 bits per heavy atom. The standard InChI is InChI=1S/C27H28Cl2N4O4/c1-16-5-3-9-32-17(2)22(30-26(16)32)24(34)21-23(18-6-7-19(28)20(29)15-18)33(27(36)25(21)35)10-4-8-31-11-13-37-14-12-31/h3,5-7,9,15,23,34H,4,8,10-14H2,1-2H3. The molecule has 5 rings (SSSR count). The number of pyridine rings is 1. The average Bonchev–Trinajstić information content (AvgIpc) is 3.36. The van der Waals surface area contributed by atoms with Crippen LogP contribution in [0.4, 0.5) is 0 Å². The summed E-state index contributed by atoms with van der Waals surface area (Å²) in [5.74, 6) is -1.70. The lowest BCUT2D eigenvalue weighted by molar-refractivity contribution is -0.140. The maximum atomic E-state index is 13.4. The molecular formula is C27H28Cl2N4O4. The number of halogens is 2. The molecule has 0 aliphatic carbocycles. The first-order chi connectivity index (χ1) is 17.8. The predicted molar refractivity (Wildman–Crippen MR) is 142 cm³/mol. The smallest absolute Gasteiger partial charge is 0.295 e. The number of ether oxygens (including phenoxy) is 1. The van der Waals surface area contributed by atoms with Crippen LogP contribution in [-0.4, -0.2) is 75.4 Å². The van der Waals surface area contributed by atoms with E-state index in [1.165, 1.54) is 4.90 Å². The second-order valence-corrected chi connectivity index (χ2v) is 10.2. The zero-order valence-corrected chi connectivity index (χ0v) is 22.2. The van der Waals surface area contributed by atoms with Crippen molar-refractivity contribution in [1.29, 1.82) is 0 Å². The Kier molecular flexibility index (Phi) is 7.27. The number of aryl methyl sites for hydroxylation is 2. The number of ketones is 1. The van der Waals surface area contributed by atoms with Gasteiger partial charge in [-0.15, -0.1) is 0 Å². The molecule has 1 N–H and O–H groups in total. The van der Waals surface area contributed by atoms with E-state index in [4.69, 9.17) is 27.9 Å². The maximum absolute atomic E-state index is 13.4. The number of rotatable bonds is 6. The molecule has 0 radical (unpaired) electrons. The van der Waals surface area contributed by atoms with Crippen molar-refractivity contribution in [2.75, 3.05) is 39.4 Å². The minimum atomic E-state index is -0.815. The first-order valence-corrected chi connectivity index (χ1v) is 13.0. The number of aliphatic hydroxyl groups is 1. The summed E-state index contributed by atoms with van der Waals surface area (Å²) < 4.78 is 7.27. The van der Waals surface area contributed by atoms with E-state index >= 15 is 0 Å². The van der Waals surface area contributed by atoms with Crippen LogP contribution in [-0.2, 0) is 14.3 Å². The molecule has 37 heavy (non-hydrogen) atoms. The van der Waals surface area contributed by atoms with E-state index in [2.05, 4.69) is 9.88 Å². The van der Waals surface area contributed by atoms with E-state index in [0.717, 1.165) is 25.2 Å². The molecule has 1 aromatic carbocycles. The van der Waals surface area contributed by atoms with Crippen LogP contribution in [0.2, 0.25) is 10.0 Å². The van der Waals surface area contributed by atoms with E-state index in [9.17, 15) is 14.7 Å². The van der Waals surface area contributed by atoms with E-state index in [-0.39, 0.29) is 17.0 Å². The van der Waals surface area contributed by atoms with Gasteiger partial charge in [-0.05, 0) is 49.6 Å². The number of hydrogen-bond acceptors (Lipinski definition) is 6. The molecule has 2 aliphatic heterocycles. The molecule has 1 amide bonds.